The van der Waals surface area contributed by atoms with Crippen molar-refractivity contribution in [3.8, 4) is 0 Å². The molecule has 1 aliphatic carbocycles. The number of alkyl halides is 3. The van der Waals surface area contributed by atoms with E-state index in [0.717, 1.165) is 24.9 Å². The quantitative estimate of drug-likeness (QED) is 0.628. The minimum Gasteiger partial charge on any atom is -0.370 e. The van der Waals surface area contributed by atoms with Crippen molar-refractivity contribution in [2.45, 2.75) is 57.3 Å². The highest BCUT2D eigenvalue weighted by molar-refractivity contribution is 5.92. The number of benzene rings is 1. The molecule has 0 unspecified atom stereocenters. The van der Waals surface area contributed by atoms with Gasteiger partial charge in [0.05, 0.1) is 12.0 Å². The van der Waals surface area contributed by atoms with Crippen molar-refractivity contribution >= 4 is 11.6 Å². The number of hydrogen-bond donors (Lipinski definition) is 2. The zero-order valence-corrected chi connectivity index (χ0v) is 15.1. The van der Waals surface area contributed by atoms with Crippen LogP contribution in [0.15, 0.2) is 29.3 Å². The van der Waals surface area contributed by atoms with E-state index in [0.29, 0.717) is 25.1 Å². The van der Waals surface area contributed by atoms with Gasteiger partial charge < -0.3 is 16.0 Å². The molecule has 2 fully saturated rings. The second kappa shape index (κ2) is 7.86. The van der Waals surface area contributed by atoms with E-state index in [1.807, 2.05) is 12.1 Å². The Hall–Kier alpha value is -1.76. The molecular weight excluding hydrogens is 341 g/mol. The predicted molar refractivity (Wildman–Crippen MR) is 98.2 cm³/mol. The summed E-state index contributed by atoms with van der Waals surface area (Å²) in [5, 5.41) is 3.10. The van der Waals surface area contributed by atoms with E-state index in [2.05, 4.69) is 34.3 Å². The largest absolute Gasteiger partial charge is 0.391 e. The summed E-state index contributed by atoms with van der Waals surface area (Å²) in [6, 6.07) is 8.57. The van der Waals surface area contributed by atoms with Crippen LogP contribution in [0, 0.1) is 5.92 Å². The number of piperidine rings is 1. The highest BCUT2D eigenvalue weighted by Crippen LogP contribution is 2.37. The first-order chi connectivity index (χ1) is 12.3. The highest BCUT2D eigenvalue weighted by Gasteiger charge is 2.43. The first kappa shape index (κ1) is 19.0. The van der Waals surface area contributed by atoms with Gasteiger partial charge in [0.25, 0.3) is 0 Å². The molecule has 1 aliphatic heterocycles. The lowest BCUT2D eigenvalue weighted by atomic mass is 9.83. The van der Waals surface area contributed by atoms with Crippen LogP contribution in [-0.2, 0) is 6.42 Å². The van der Waals surface area contributed by atoms with E-state index in [4.69, 9.17) is 5.73 Å². The van der Waals surface area contributed by atoms with Gasteiger partial charge in [-0.15, -0.1) is 0 Å². The van der Waals surface area contributed by atoms with E-state index in [9.17, 15) is 13.2 Å². The maximum Gasteiger partial charge on any atom is 0.391 e. The van der Waals surface area contributed by atoms with Crippen LogP contribution in [0.4, 0.5) is 18.9 Å². The molecule has 0 bridgehead atoms. The molecule has 26 heavy (non-hydrogen) atoms. The SMILES string of the molecule is CCc1ccc(NC(N)=NC2CC(N3CCC(C(F)(F)F)CC3)C2)cc1. The molecule has 144 valence electrons. The number of guanidine groups is 1. The number of hydrogen-bond acceptors (Lipinski definition) is 2. The van der Waals surface area contributed by atoms with Gasteiger partial charge in [0.2, 0.25) is 0 Å². The van der Waals surface area contributed by atoms with Crippen LogP contribution in [0.1, 0.15) is 38.2 Å². The van der Waals surface area contributed by atoms with E-state index in [1.165, 1.54) is 5.56 Å². The third kappa shape index (κ3) is 4.69. The van der Waals surface area contributed by atoms with Crippen LogP contribution < -0.4 is 11.1 Å². The average molecular weight is 368 g/mol. The second-order valence-corrected chi connectivity index (χ2v) is 7.32. The van der Waals surface area contributed by atoms with Crippen molar-refractivity contribution < 1.29 is 13.2 Å². The van der Waals surface area contributed by atoms with Crippen molar-refractivity contribution in [1.82, 2.24) is 4.90 Å². The van der Waals surface area contributed by atoms with Gasteiger partial charge in [-0.2, -0.15) is 13.2 Å². The number of rotatable bonds is 4. The smallest absolute Gasteiger partial charge is 0.370 e. The van der Waals surface area contributed by atoms with Crippen LogP contribution in [0.3, 0.4) is 0 Å². The van der Waals surface area contributed by atoms with Crippen molar-refractivity contribution in [2.24, 2.45) is 16.6 Å². The number of aryl methyl sites for hydroxylation is 1. The maximum absolute atomic E-state index is 12.7. The van der Waals surface area contributed by atoms with Gasteiger partial charge in [0.1, 0.15) is 0 Å². The van der Waals surface area contributed by atoms with Crippen LogP contribution in [0.25, 0.3) is 0 Å². The molecule has 0 amide bonds. The molecule has 1 heterocycles. The Kier molecular flexibility index (Phi) is 5.75. The molecule has 3 rings (SSSR count). The van der Waals surface area contributed by atoms with Gasteiger partial charge in [-0.25, -0.2) is 4.99 Å². The van der Waals surface area contributed by atoms with E-state index >= 15 is 0 Å². The fraction of sp³-hybridized carbons (Fsp3) is 0.632. The lowest BCUT2D eigenvalue weighted by Gasteiger charge is -2.44. The van der Waals surface area contributed by atoms with Gasteiger partial charge in [0, 0.05) is 11.7 Å². The summed E-state index contributed by atoms with van der Waals surface area (Å²) in [4.78, 5) is 6.68. The Morgan fingerprint density at radius 3 is 2.35 bits per heavy atom. The van der Waals surface area contributed by atoms with Crippen molar-refractivity contribution in [3.05, 3.63) is 29.8 Å². The summed E-state index contributed by atoms with van der Waals surface area (Å²) in [6.07, 6.45) is -0.889. The standard InChI is InChI=1S/C19H27F3N4/c1-2-13-3-5-15(6-4-13)24-18(23)25-16-11-17(12-16)26-9-7-14(8-10-26)19(20,21)22/h3-6,14,16-17H,2,7-12H2,1H3,(H3,23,24,25). The number of nitrogens with two attached hydrogens (primary N) is 1. The van der Waals surface area contributed by atoms with Gasteiger partial charge in [-0.3, -0.25) is 0 Å². The molecule has 0 aromatic heterocycles. The number of halogens is 3. The first-order valence-corrected chi connectivity index (χ1v) is 9.35. The molecule has 7 heteroatoms. The second-order valence-electron chi connectivity index (χ2n) is 7.32. The molecule has 2 aliphatic rings. The van der Waals surface area contributed by atoms with Gasteiger partial charge >= 0.3 is 6.18 Å². The number of anilines is 1. The Morgan fingerprint density at radius 1 is 1.19 bits per heavy atom. The molecule has 0 radical (unpaired) electrons. The summed E-state index contributed by atoms with van der Waals surface area (Å²) in [5.74, 6) is -0.736. The summed E-state index contributed by atoms with van der Waals surface area (Å²) >= 11 is 0. The Labute approximate surface area is 152 Å². The Morgan fingerprint density at radius 2 is 1.81 bits per heavy atom. The zero-order chi connectivity index (χ0) is 18.7. The van der Waals surface area contributed by atoms with Gasteiger partial charge in [-0.05, 0) is 62.9 Å². The van der Waals surface area contributed by atoms with Gasteiger partial charge in [0.15, 0.2) is 5.96 Å². The third-order valence-corrected chi connectivity index (χ3v) is 5.55. The normalized spacial score (nSPS) is 25.8. The van der Waals surface area contributed by atoms with Gasteiger partial charge in [-0.1, -0.05) is 19.1 Å². The minimum atomic E-state index is -4.05. The molecule has 0 atom stereocenters. The summed E-state index contributed by atoms with van der Waals surface area (Å²) in [5.41, 5.74) is 8.15. The Bertz CT molecular complexity index is 613. The topological polar surface area (TPSA) is 53.6 Å². The van der Waals surface area contributed by atoms with Crippen LogP contribution in [0.5, 0.6) is 0 Å². The molecule has 1 saturated carbocycles. The number of nitrogens with zero attached hydrogens (tertiary/aromatic N) is 2. The highest BCUT2D eigenvalue weighted by atomic mass is 19.4. The molecule has 4 nitrogen and oxygen atoms in total. The molecule has 0 spiro atoms. The lowest BCUT2D eigenvalue weighted by molar-refractivity contribution is -0.187. The predicted octanol–water partition coefficient (Wildman–Crippen LogP) is 3.78. The lowest BCUT2D eigenvalue weighted by Crippen LogP contribution is -2.51. The van der Waals surface area contributed by atoms with Crippen LogP contribution in [-0.4, -0.2) is 42.2 Å². The van der Waals surface area contributed by atoms with Crippen LogP contribution >= 0.6 is 0 Å². The van der Waals surface area contributed by atoms with Crippen molar-refractivity contribution in [1.29, 1.82) is 0 Å². The van der Waals surface area contributed by atoms with E-state index < -0.39 is 12.1 Å². The Balaban J connectivity index is 1.42. The number of aliphatic imine (C=N–C) groups is 1. The summed E-state index contributed by atoms with van der Waals surface area (Å²) < 4.78 is 38.2. The molecule has 3 N–H and O–H groups in total. The van der Waals surface area contributed by atoms with Crippen molar-refractivity contribution in [3.63, 3.8) is 0 Å². The molecular formula is C19H27F3N4. The van der Waals surface area contributed by atoms with E-state index in [1.54, 1.807) is 0 Å². The fourth-order valence-electron chi connectivity index (χ4n) is 3.76. The number of likely N-dealkylation sites (tertiary alicyclic amines) is 1. The van der Waals surface area contributed by atoms with Crippen LogP contribution in [0.2, 0.25) is 0 Å². The monoisotopic (exact) mass is 368 g/mol. The van der Waals surface area contributed by atoms with E-state index in [-0.39, 0.29) is 18.9 Å². The minimum absolute atomic E-state index is 0.155. The molecule has 1 aromatic rings. The number of nitrogens with one attached hydrogen (secondary N) is 1. The third-order valence-electron chi connectivity index (χ3n) is 5.55. The molecule has 1 saturated heterocycles. The average Bonchev–Trinajstić information content (AvgIpc) is 2.58. The molecule has 1 aromatic carbocycles. The zero-order valence-electron chi connectivity index (χ0n) is 15.1. The fourth-order valence-corrected chi connectivity index (χ4v) is 3.76. The summed E-state index contributed by atoms with van der Waals surface area (Å²) in [6.45, 7) is 3.17. The first-order valence-electron chi connectivity index (χ1n) is 9.35. The maximum atomic E-state index is 12.7. The van der Waals surface area contributed by atoms with Crippen molar-refractivity contribution in [2.75, 3.05) is 18.4 Å². The summed E-state index contributed by atoms with van der Waals surface area (Å²) in [7, 11) is 0.